The molecule has 0 unspecified atom stereocenters. The number of benzene rings is 3. The van der Waals surface area contributed by atoms with Gasteiger partial charge >= 0.3 is 18.1 Å². The maximum atomic E-state index is 15.0. The molecule has 1 N–H and O–H groups in total. The standard InChI is InChI=1S/C30H28F5NO4/c1-29(2,3)40-24(37)13-12-17-14-23(31)26(30(33,34)35)27(32)28(17)36-15-25(38)39-16-22-20-10-6-4-8-18(20)19-9-5-7-11-21(19)22/h4-11,14,22,36H,12-13,15-16H2,1-3H3. The molecule has 0 aliphatic heterocycles. The summed E-state index contributed by atoms with van der Waals surface area (Å²) >= 11 is 0. The van der Waals surface area contributed by atoms with Gasteiger partial charge in [-0.15, -0.1) is 0 Å². The van der Waals surface area contributed by atoms with Crippen LogP contribution in [0.4, 0.5) is 27.6 Å². The van der Waals surface area contributed by atoms with Gasteiger partial charge in [-0.25, -0.2) is 8.78 Å². The first-order valence-electron chi connectivity index (χ1n) is 12.6. The first kappa shape index (κ1) is 29.0. The zero-order chi connectivity index (χ0) is 29.2. The predicted molar refractivity (Wildman–Crippen MR) is 139 cm³/mol. The first-order valence-corrected chi connectivity index (χ1v) is 12.6. The van der Waals surface area contributed by atoms with Crippen LogP contribution >= 0.6 is 0 Å². The summed E-state index contributed by atoms with van der Waals surface area (Å²) in [6.07, 6.45) is -5.99. The molecule has 212 valence electrons. The molecule has 40 heavy (non-hydrogen) atoms. The maximum Gasteiger partial charge on any atom is 0.422 e. The lowest BCUT2D eigenvalue weighted by molar-refractivity contribution is -0.154. The maximum absolute atomic E-state index is 15.0. The van der Waals surface area contributed by atoms with Crippen molar-refractivity contribution in [3.05, 3.63) is 88.5 Å². The van der Waals surface area contributed by atoms with Crippen LogP contribution < -0.4 is 5.32 Å². The number of rotatable bonds is 8. The van der Waals surface area contributed by atoms with E-state index < -0.39 is 53.1 Å². The number of carbonyl (C=O) groups is 2. The van der Waals surface area contributed by atoms with E-state index in [2.05, 4.69) is 5.32 Å². The van der Waals surface area contributed by atoms with Crippen LogP contribution in [0.15, 0.2) is 54.6 Å². The second kappa shape index (κ2) is 11.3. The van der Waals surface area contributed by atoms with Crippen LogP contribution in [-0.2, 0) is 31.7 Å². The van der Waals surface area contributed by atoms with Crippen LogP contribution in [0.2, 0.25) is 0 Å². The molecule has 3 aromatic rings. The molecule has 0 radical (unpaired) electrons. The van der Waals surface area contributed by atoms with Gasteiger partial charge in [0.05, 0.1) is 5.69 Å². The van der Waals surface area contributed by atoms with E-state index in [1.807, 2.05) is 48.5 Å². The van der Waals surface area contributed by atoms with Crippen molar-refractivity contribution in [2.75, 3.05) is 18.5 Å². The normalized spacial score (nSPS) is 13.0. The smallest absolute Gasteiger partial charge is 0.422 e. The Hall–Kier alpha value is -3.95. The summed E-state index contributed by atoms with van der Waals surface area (Å²) in [6, 6.07) is 15.8. The Kier molecular flexibility index (Phi) is 8.18. The fourth-order valence-corrected chi connectivity index (χ4v) is 4.77. The lowest BCUT2D eigenvalue weighted by Crippen LogP contribution is -2.24. The van der Waals surface area contributed by atoms with E-state index in [9.17, 15) is 27.2 Å². The quantitative estimate of drug-likeness (QED) is 0.236. The molecule has 5 nitrogen and oxygen atoms in total. The van der Waals surface area contributed by atoms with Gasteiger partial charge in [0.15, 0.2) is 5.82 Å². The zero-order valence-electron chi connectivity index (χ0n) is 22.1. The number of hydrogen-bond acceptors (Lipinski definition) is 5. The third-order valence-electron chi connectivity index (χ3n) is 6.38. The number of alkyl halides is 3. The fourth-order valence-electron chi connectivity index (χ4n) is 4.77. The van der Waals surface area contributed by atoms with Crippen molar-refractivity contribution in [2.24, 2.45) is 0 Å². The monoisotopic (exact) mass is 561 g/mol. The highest BCUT2D eigenvalue weighted by Gasteiger charge is 2.40. The van der Waals surface area contributed by atoms with E-state index in [0.29, 0.717) is 6.07 Å². The minimum absolute atomic E-state index is 0.0419. The highest BCUT2D eigenvalue weighted by Crippen LogP contribution is 2.44. The number of anilines is 1. The van der Waals surface area contributed by atoms with Gasteiger partial charge in [0.25, 0.3) is 0 Å². The molecule has 0 spiro atoms. The molecule has 10 heteroatoms. The number of carbonyl (C=O) groups excluding carboxylic acids is 2. The number of nitrogens with one attached hydrogen (secondary N) is 1. The number of fused-ring (bicyclic) bond motifs is 3. The summed E-state index contributed by atoms with van der Waals surface area (Å²) in [5.41, 5.74) is 0.0648. The van der Waals surface area contributed by atoms with Gasteiger partial charge < -0.3 is 14.8 Å². The van der Waals surface area contributed by atoms with Crippen LogP contribution in [0.3, 0.4) is 0 Å². The minimum Gasteiger partial charge on any atom is -0.463 e. The molecule has 4 rings (SSSR count). The van der Waals surface area contributed by atoms with Crippen molar-refractivity contribution in [2.45, 2.75) is 51.3 Å². The number of aryl methyl sites for hydroxylation is 1. The molecule has 0 saturated heterocycles. The summed E-state index contributed by atoms with van der Waals surface area (Å²) in [5, 5.41) is 2.34. The van der Waals surface area contributed by atoms with E-state index in [1.54, 1.807) is 20.8 Å². The van der Waals surface area contributed by atoms with E-state index in [4.69, 9.17) is 9.47 Å². The molecule has 0 fully saturated rings. The third kappa shape index (κ3) is 6.43. The summed E-state index contributed by atoms with van der Waals surface area (Å²) in [7, 11) is 0. The molecule has 3 aromatic carbocycles. The van der Waals surface area contributed by atoms with Crippen molar-refractivity contribution in [1.82, 2.24) is 0 Å². The molecule has 0 amide bonds. The van der Waals surface area contributed by atoms with Gasteiger partial charge in [-0.2, -0.15) is 13.2 Å². The molecule has 0 aromatic heterocycles. The van der Waals surface area contributed by atoms with Crippen LogP contribution in [-0.4, -0.2) is 30.7 Å². The molecule has 0 bridgehead atoms. The average molecular weight is 562 g/mol. The largest absolute Gasteiger partial charge is 0.463 e. The van der Waals surface area contributed by atoms with Crippen LogP contribution in [0.25, 0.3) is 11.1 Å². The van der Waals surface area contributed by atoms with E-state index in [-0.39, 0.29) is 30.9 Å². The van der Waals surface area contributed by atoms with E-state index >= 15 is 4.39 Å². The predicted octanol–water partition coefficient (Wildman–Crippen LogP) is 7.03. The molecule has 1 aliphatic carbocycles. The molecule has 0 saturated carbocycles. The van der Waals surface area contributed by atoms with Crippen molar-refractivity contribution in [3.63, 3.8) is 0 Å². The summed E-state index contributed by atoms with van der Waals surface area (Å²) in [5.74, 6) is -5.53. The lowest BCUT2D eigenvalue weighted by atomic mass is 9.98. The topological polar surface area (TPSA) is 64.6 Å². The highest BCUT2D eigenvalue weighted by atomic mass is 19.4. The Morgan fingerprint density at radius 2 is 1.48 bits per heavy atom. The van der Waals surface area contributed by atoms with Gasteiger partial charge in [-0.05, 0) is 61.1 Å². The second-order valence-electron chi connectivity index (χ2n) is 10.4. The van der Waals surface area contributed by atoms with Crippen molar-refractivity contribution in [1.29, 1.82) is 0 Å². The summed E-state index contributed by atoms with van der Waals surface area (Å²) in [4.78, 5) is 24.7. The Morgan fingerprint density at radius 3 is 2.02 bits per heavy atom. The van der Waals surface area contributed by atoms with E-state index in [0.717, 1.165) is 22.3 Å². The fraction of sp³-hybridized carbons (Fsp3) is 0.333. The van der Waals surface area contributed by atoms with Gasteiger partial charge in [-0.3, -0.25) is 9.59 Å². The lowest BCUT2D eigenvalue weighted by Gasteiger charge is -2.20. The Morgan fingerprint density at radius 1 is 0.900 bits per heavy atom. The number of ether oxygens (including phenoxy) is 2. The zero-order valence-corrected chi connectivity index (χ0v) is 22.1. The number of hydrogen-bond donors (Lipinski definition) is 1. The molecular formula is C30H28F5NO4. The number of halogens is 5. The van der Waals surface area contributed by atoms with E-state index in [1.165, 1.54) is 0 Å². The van der Waals surface area contributed by atoms with Gasteiger partial charge in [0.1, 0.15) is 30.1 Å². The van der Waals surface area contributed by atoms with Crippen LogP contribution in [0.5, 0.6) is 0 Å². The van der Waals surface area contributed by atoms with Crippen molar-refractivity contribution in [3.8, 4) is 11.1 Å². The third-order valence-corrected chi connectivity index (χ3v) is 6.38. The molecular weight excluding hydrogens is 533 g/mol. The van der Waals surface area contributed by atoms with Crippen molar-refractivity contribution < 1.29 is 41.0 Å². The van der Waals surface area contributed by atoms with Crippen LogP contribution in [0, 0.1) is 11.6 Å². The molecule has 1 aliphatic rings. The SMILES string of the molecule is CC(C)(C)OC(=O)CCc1cc(F)c(C(F)(F)F)c(F)c1NCC(=O)OCC1c2ccccc2-c2ccccc21. The summed E-state index contributed by atoms with van der Waals surface area (Å²) < 4.78 is 80.1. The van der Waals surface area contributed by atoms with Gasteiger partial charge in [-0.1, -0.05) is 48.5 Å². The van der Waals surface area contributed by atoms with Gasteiger partial charge in [0, 0.05) is 12.3 Å². The second-order valence-corrected chi connectivity index (χ2v) is 10.4. The highest BCUT2D eigenvalue weighted by molar-refractivity contribution is 5.80. The first-order chi connectivity index (χ1) is 18.8. The Labute approximate surface area is 228 Å². The molecule has 0 atom stereocenters. The molecule has 0 heterocycles. The van der Waals surface area contributed by atoms with Crippen LogP contribution in [0.1, 0.15) is 55.4 Å². The van der Waals surface area contributed by atoms with Crippen molar-refractivity contribution >= 4 is 17.6 Å². The Balaban J connectivity index is 1.49. The summed E-state index contributed by atoms with van der Waals surface area (Å²) in [6.45, 7) is 4.16. The number of esters is 2. The average Bonchev–Trinajstić information content (AvgIpc) is 3.17. The van der Waals surface area contributed by atoms with Gasteiger partial charge in [0.2, 0.25) is 0 Å². The Bertz CT molecular complexity index is 1380. The minimum atomic E-state index is -5.32.